The van der Waals surface area contributed by atoms with Crippen molar-refractivity contribution in [2.45, 2.75) is 112 Å². The molecule has 17 N–H and O–H groups in total. The highest BCUT2D eigenvalue weighted by Crippen LogP contribution is 2.36. The number of hydrogen-bond donors (Lipinski definition) is 11. The minimum atomic E-state index is -1.46. The van der Waals surface area contributed by atoms with Gasteiger partial charge in [0.15, 0.2) is 18.5 Å². The number of rotatable bonds is 11. The second kappa shape index (κ2) is 14.6. The molecule has 0 amide bonds. The molecule has 1 saturated carbocycles. The van der Waals surface area contributed by atoms with Crippen LogP contribution in [0.25, 0.3) is 0 Å². The number of ether oxygens (including phenoxy) is 4. The van der Waals surface area contributed by atoms with E-state index in [0.717, 1.165) is 0 Å². The number of aliphatic imine (C=N–C) groups is 1. The lowest BCUT2D eigenvalue weighted by Gasteiger charge is -2.48. The Morgan fingerprint density at radius 1 is 0.949 bits per heavy atom. The molecule has 0 bridgehead atoms. The predicted molar refractivity (Wildman–Crippen MR) is 138 cm³/mol. The zero-order valence-corrected chi connectivity index (χ0v) is 22.0. The first-order chi connectivity index (χ1) is 18.5. The first-order valence-corrected chi connectivity index (χ1v) is 13.5. The first kappa shape index (κ1) is 32.3. The van der Waals surface area contributed by atoms with Gasteiger partial charge in [0.05, 0.1) is 31.0 Å². The molecular weight excluding hydrogens is 518 g/mol. The number of nitrogens with zero attached hydrogens (tertiary/aromatic N) is 1. The smallest absolute Gasteiger partial charge is 0.186 e. The fourth-order valence-corrected chi connectivity index (χ4v) is 5.51. The highest BCUT2D eigenvalue weighted by atomic mass is 16.7. The van der Waals surface area contributed by atoms with E-state index in [1.54, 1.807) is 0 Å². The third kappa shape index (κ3) is 7.94. The van der Waals surface area contributed by atoms with Crippen LogP contribution in [-0.2, 0) is 18.9 Å². The minimum Gasteiger partial charge on any atom is -0.394 e. The van der Waals surface area contributed by atoms with E-state index in [2.05, 4.69) is 4.99 Å². The molecule has 0 aromatic carbocycles. The van der Waals surface area contributed by atoms with Gasteiger partial charge in [-0.15, -0.1) is 0 Å². The molecule has 0 aromatic heterocycles. The molecule has 2 unspecified atom stereocenters. The van der Waals surface area contributed by atoms with Gasteiger partial charge in [-0.1, -0.05) is 0 Å². The van der Waals surface area contributed by atoms with Crippen LogP contribution < -0.4 is 34.4 Å². The number of guanidine groups is 1. The molecule has 0 aromatic rings. The van der Waals surface area contributed by atoms with Gasteiger partial charge in [-0.3, -0.25) is 0 Å². The molecule has 0 spiro atoms. The monoisotopic (exact) mass is 565 g/mol. The van der Waals surface area contributed by atoms with E-state index < -0.39 is 86.0 Å². The maximum absolute atomic E-state index is 11.5. The van der Waals surface area contributed by atoms with Crippen molar-refractivity contribution in [3.8, 4) is 0 Å². The molecule has 2 saturated heterocycles. The van der Waals surface area contributed by atoms with Crippen LogP contribution in [0.2, 0.25) is 0 Å². The number of hydrogen-bond acceptors (Lipinski definition) is 14. The Morgan fingerprint density at radius 2 is 1.64 bits per heavy atom. The summed E-state index contributed by atoms with van der Waals surface area (Å²) in [5.41, 5.74) is 35.0. The summed E-state index contributed by atoms with van der Waals surface area (Å²) in [4.78, 5) is 4.20. The van der Waals surface area contributed by atoms with E-state index in [1.165, 1.54) is 0 Å². The lowest BCUT2D eigenvalue weighted by Crippen LogP contribution is -2.66. The summed E-state index contributed by atoms with van der Waals surface area (Å²) < 4.78 is 23.8. The molecule has 3 rings (SSSR count). The van der Waals surface area contributed by atoms with Crippen LogP contribution in [0.15, 0.2) is 4.99 Å². The summed E-state index contributed by atoms with van der Waals surface area (Å²) in [6, 6.07) is -2.40. The Balaban J connectivity index is 1.83. The SMILES string of the molecule is NCC(O)CC[C@@H]1C[C@H](N)C(O[C@H]2O[C@H](CN)CC[C@H]2N=C(N)N)[C@H](O)[C@H]1O[C@H]1O[C@H](CO)[C@@H](O)[C@H](N)[C@H]1O. The Kier molecular flexibility index (Phi) is 12.1. The molecule has 3 fully saturated rings. The van der Waals surface area contributed by atoms with Gasteiger partial charge >= 0.3 is 0 Å². The van der Waals surface area contributed by atoms with E-state index in [1.807, 2.05) is 0 Å². The molecule has 0 radical (unpaired) electrons. The minimum absolute atomic E-state index is 0.0570. The average molecular weight is 566 g/mol. The highest BCUT2D eigenvalue weighted by molar-refractivity contribution is 5.75. The maximum atomic E-state index is 11.5. The van der Waals surface area contributed by atoms with Crippen molar-refractivity contribution in [2.75, 3.05) is 19.7 Å². The third-order valence-corrected chi connectivity index (χ3v) is 7.80. The van der Waals surface area contributed by atoms with Gasteiger partial charge in [-0.05, 0) is 38.0 Å². The fourth-order valence-electron chi connectivity index (χ4n) is 5.51. The summed E-state index contributed by atoms with van der Waals surface area (Å²) in [6.45, 7) is -0.258. The van der Waals surface area contributed by atoms with Gasteiger partial charge in [0, 0.05) is 19.1 Å². The number of nitrogens with two attached hydrogens (primary N) is 6. The number of aliphatic hydroxyl groups excluding tert-OH is 5. The topological polar surface area (TPSA) is 307 Å². The molecule has 14 atom stereocenters. The highest BCUT2D eigenvalue weighted by Gasteiger charge is 2.50. The van der Waals surface area contributed by atoms with E-state index in [9.17, 15) is 25.5 Å². The van der Waals surface area contributed by atoms with E-state index >= 15 is 0 Å². The van der Waals surface area contributed by atoms with E-state index in [4.69, 9.17) is 53.3 Å². The average Bonchev–Trinajstić information content (AvgIpc) is 2.91. The molecule has 16 heteroatoms. The lowest BCUT2D eigenvalue weighted by atomic mass is 9.77. The van der Waals surface area contributed by atoms with Gasteiger partial charge in [-0.25, -0.2) is 4.99 Å². The molecule has 2 heterocycles. The second-order valence-corrected chi connectivity index (χ2v) is 10.7. The first-order valence-electron chi connectivity index (χ1n) is 13.5. The van der Waals surface area contributed by atoms with Gasteiger partial charge in [0.2, 0.25) is 0 Å². The van der Waals surface area contributed by atoms with Crippen LogP contribution in [-0.4, -0.2) is 131 Å². The normalized spacial score (nSPS) is 44.1. The van der Waals surface area contributed by atoms with Crippen molar-refractivity contribution >= 4 is 5.96 Å². The predicted octanol–water partition coefficient (Wildman–Crippen LogP) is -5.56. The van der Waals surface area contributed by atoms with Crippen LogP contribution in [0.3, 0.4) is 0 Å². The summed E-state index contributed by atoms with van der Waals surface area (Å²) in [5.74, 6) is -0.544. The molecule has 16 nitrogen and oxygen atoms in total. The fraction of sp³-hybridized carbons (Fsp3) is 0.957. The van der Waals surface area contributed by atoms with Gasteiger partial charge in [-0.2, -0.15) is 0 Å². The van der Waals surface area contributed by atoms with Gasteiger partial charge < -0.3 is 78.9 Å². The maximum Gasteiger partial charge on any atom is 0.186 e. The van der Waals surface area contributed by atoms with Gasteiger partial charge in [0.1, 0.15) is 36.6 Å². The Morgan fingerprint density at radius 3 is 2.26 bits per heavy atom. The largest absolute Gasteiger partial charge is 0.394 e. The Labute approximate surface area is 227 Å². The van der Waals surface area contributed by atoms with Crippen LogP contribution in [0.1, 0.15) is 32.1 Å². The molecule has 39 heavy (non-hydrogen) atoms. The Hall–Kier alpha value is -1.25. The quantitative estimate of drug-likeness (QED) is 0.0821. The summed E-state index contributed by atoms with van der Waals surface area (Å²) in [7, 11) is 0. The molecule has 1 aliphatic carbocycles. The third-order valence-electron chi connectivity index (χ3n) is 7.80. The van der Waals surface area contributed by atoms with Crippen molar-refractivity contribution in [2.24, 2.45) is 45.3 Å². The zero-order chi connectivity index (χ0) is 28.9. The van der Waals surface area contributed by atoms with Gasteiger partial charge in [0.25, 0.3) is 0 Å². The van der Waals surface area contributed by atoms with Crippen molar-refractivity contribution in [1.82, 2.24) is 0 Å². The second-order valence-electron chi connectivity index (χ2n) is 10.7. The van der Waals surface area contributed by atoms with Crippen molar-refractivity contribution in [3.63, 3.8) is 0 Å². The standard InChI is InChI=1S/C23H47N7O9/c24-6-10(32)2-1-9-5-12(26)20(39-21-13(30-23(28)29)4-3-11(7-25)36-21)18(35)19(9)38-22-17(34)15(27)16(33)14(8-31)37-22/h9-22,31-35H,1-8,24-27H2,(H4,28,29,30)/t9-,10?,11+,12+,13-,14-,15+,16-,17-,18-,19+,20?,21-,22-/m1/s1. The van der Waals surface area contributed by atoms with Crippen molar-refractivity contribution < 1.29 is 44.5 Å². The van der Waals surface area contributed by atoms with E-state index in [0.29, 0.717) is 32.1 Å². The lowest BCUT2D eigenvalue weighted by molar-refractivity contribution is -0.318. The molecule has 2 aliphatic heterocycles. The molecule has 3 aliphatic rings. The van der Waals surface area contributed by atoms with Crippen molar-refractivity contribution in [3.05, 3.63) is 0 Å². The molecular formula is C23H47N7O9. The van der Waals surface area contributed by atoms with Crippen LogP contribution in [0.4, 0.5) is 0 Å². The Bertz CT molecular complexity index is 780. The van der Waals surface area contributed by atoms with Crippen molar-refractivity contribution in [1.29, 1.82) is 0 Å². The van der Waals surface area contributed by atoms with Crippen LogP contribution in [0.5, 0.6) is 0 Å². The van der Waals surface area contributed by atoms with Crippen LogP contribution in [0, 0.1) is 5.92 Å². The van der Waals surface area contributed by atoms with Crippen LogP contribution >= 0.6 is 0 Å². The zero-order valence-electron chi connectivity index (χ0n) is 22.0. The van der Waals surface area contributed by atoms with E-state index in [-0.39, 0.29) is 25.2 Å². The number of aliphatic hydroxyl groups is 5. The molecule has 228 valence electrons. The summed E-state index contributed by atoms with van der Waals surface area (Å²) >= 11 is 0. The summed E-state index contributed by atoms with van der Waals surface area (Å²) in [5, 5.41) is 52.0. The summed E-state index contributed by atoms with van der Waals surface area (Å²) in [6.07, 6.45) is -8.48.